The van der Waals surface area contributed by atoms with Crippen LogP contribution in [0.2, 0.25) is 0 Å². The zero-order chi connectivity index (χ0) is 16.4. The van der Waals surface area contributed by atoms with Gasteiger partial charge in [-0.05, 0) is 44.1 Å². The number of pyridine rings is 1. The molecule has 3 aliphatic rings. The van der Waals surface area contributed by atoms with Crippen LogP contribution in [-0.4, -0.2) is 47.7 Å². The van der Waals surface area contributed by atoms with Crippen molar-refractivity contribution in [2.24, 2.45) is 11.8 Å². The molecular formula is C19H26N2O3. The molecule has 2 saturated heterocycles. The average molecular weight is 330 g/mol. The molecular weight excluding hydrogens is 304 g/mol. The van der Waals surface area contributed by atoms with Gasteiger partial charge in [-0.3, -0.25) is 4.79 Å². The fourth-order valence-electron chi connectivity index (χ4n) is 4.08. The molecule has 1 atom stereocenters. The van der Waals surface area contributed by atoms with Gasteiger partial charge in [0, 0.05) is 24.8 Å². The largest absolute Gasteiger partial charge is 0.478 e. The Labute approximate surface area is 143 Å². The van der Waals surface area contributed by atoms with Crippen molar-refractivity contribution in [1.29, 1.82) is 0 Å². The summed E-state index contributed by atoms with van der Waals surface area (Å²) in [5.74, 6) is 1.97. The Kier molecular flexibility index (Phi) is 4.44. The number of nitrogens with zero attached hydrogens (tertiary/aromatic N) is 2. The first kappa shape index (κ1) is 15.9. The molecule has 1 spiro atoms. The Hall–Kier alpha value is -1.62. The predicted octanol–water partition coefficient (Wildman–Crippen LogP) is 2.66. The maximum absolute atomic E-state index is 12.3. The number of carbonyl (C=O) groups excluding carboxylic acids is 1. The third kappa shape index (κ3) is 3.27. The van der Waals surface area contributed by atoms with E-state index in [1.807, 2.05) is 23.1 Å². The molecule has 5 nitrogen and oxygen atoms in total. The van der Waals surface area contributed by atoms with Crippen molar-refractivity contribution in [1.82, 2.24) is 9.88 Å². The lowest BCUT2D eigenvalue weighted by Crippen LogP contribution is -2.67. The molecule has 1 saturated carbocycles. The fraction of sp³-hybridized carbons (Fsp3) is 0.684. The average Bonchev–Trinajstić information content (AvgIpc) is 2.52. The van der Waals surface area contributed by atoms with Gasteiger partial charge in [0.2, 0.25) is 11.8 Å². The molecule has 0 aromatic carbocycles. The van der Waals surface area contributed by atoms with Gasteiger partial charge in [-0.25, -0.2) is 4.98 Å². The molecule has 130 valence electrons. The second-order valence-corrected chi connectivity index (χ2v) is 7.52. The minimum Gasteiger partial charge on any atom is -0.478 e. The Bertz CT molecular complexity index is 567. The van der Waals surface area contributed by atoms with Gasteiger partial charge in [-0.1, -0.05) is 12.5 Å². The van der Waals surface area contributed by atoms with E-state index in [1.165, 1.54) is 6.42 Å². The number of amides is 1. The summed E-state index contributed by atoms with van der Waals surface area (Å²) in [7, 11) is 0. The number of likely N-dealkylation sites (tertiary alicyclic amines) is 1. The van der Waals surface area contributed by atoms with Gasteiger partial charge in [0.05, 0.1) is 19.7 Å². The highest BCUT2D eigenvalue weighted by Crippen LogP contribution is 2.40. The summed E-state index contributed by atoms with van der Waals surface area (Å²) in [5, 5.41) is 0. The zero-order valence-electron chi connectivity index (χ0n) is 14.2. The lowest BCUT2D eigenvalue weighted by atomic mass is 9.77. The van der Waals surface area contributed by atoms with Crippen molar-refractivity contribution in [3.05, 3.63) is 24.4 Å². The van der Waals surface area contributed by atoms with Crippen LogP contribution in [0.25, 0.3) is 0 Å². The van der Waals surface area contributed by atoms with Crippen molar-refractivity contribution in [2.75, 3.05) is 26.3 Å². The lowest BCUT2D eigenvalue weighted by Gasteiger charge is -2.54. The van der Waals surface area contributed by atoms with Crippen molar-refractivity contribution in [3.8, 4) is 5.88 Å². The molecule has 3 fully saturated rings. The van der Waals surface area contributed by atoms with E-state index in [4.69, 9.17) is 9.47 Å². The lowest BCUT2D eigenvalue weighted by molar-refractivity contribution is -0.193. The van der Waals surface area contributed by atoms with Crippen LogP contribution in [0.4, 0.5) is 0 Å². The van der Waals surface area contributed by atoms with Gasteiger partial charge < -0.3 is 14.4 Å². The summed E-state index contributed by atoms with van der Waals surface area (Å²) in [4.78, 5) is 18.5. The van der Waals surface area contributed by atoms with Crippen LogP contribution in [-0.2, 0) is 9.53 Å². The normalized spacial score (nSPS) is 25.8. The summed E-state index contributed by atoms with van der Waals surface area (Å²) < 4.78 is 11.8. The second kappa shape index (κ2) is 6.71. The molecule has 1 aromatic heterocycles. The summed E-state index contributed by atoms with van der Waals surface area (Å²) in [6.07, 6.45) is 8.29. The van der Waals surface area contributed by atoms with E-state index in [9.17, 15) is 4.79 Å². The first-order valence-electron chi connectivity index (χ1n) is 9.21. The molecule has 0 N–H and O–H groups in total. The third-order valence-electron chi connectivity index (χ3n) is 5.73. The Morgan fingerprint density at radius 3 is 2.92 bits per heavy atom. The Morgan fingerprint density at radius 2 is 2.21 bits per heavy atom. The number of ether oxygens (including phenoxy) is 2. The maximum Gasteiger partial charge on any atom is 0.225 e. The topological polar surface area (TPSA) is 51.7 Å². The first-order chi connectivity index (χ1) is 11.7. The molecule has 3 heterocycles. The van der Waals surface area contributed by atoms with E-state index in [-0.39, 0.29) is 5.60 Å². The van der Waals surface area contributed by atoms with Crippen LogP contribution in [0.3, 0.4) is 0 Å². The van der Waals surface area contributed by atoms with Crippen LogP contribution in [0, 0.1) is 11.8 Å². The van der Waals surface area contributed by atoms with Crippen molar-refractivity contribution in [2.45, 2.75) is 44.1 Å². The predicted molar refractivity (Wildman–Crippen MR) is 89.7 cm³/mol. The van der Waals surface area contributed by atoms with Crippen molar-refractivity contribution in [3.63, 3.8) is 0 Å². The van der Waals surface area contributed by atoms with Gasteiger partial charge in [-0.15, -0.1) is 0 Å². The van der Waals surface area contributed by atoms with Crippen LogP contribution >= 0.6 is 0 Å². The number of aromatic nitrogens is 1. The molecule has 2 aliphatic heterocycles. The molecule has 0 radical (unpaired) electrons. The minimum absolute atomic E-state index is 0.0761. The number of rotatable bonds is 5. The Balaban J connectivity index is 1.22. The van der Waals surface area contributed by atoms with Gasteiger partial charge in [0.25, 0.3) is 0 Å². The fourth-order valence-corrected chi connectivity index (χ4v) is 4.08. The highest BCUT2D eigenvalue weighted by atomic mass is 16.5. The molecule has 5 heteroatoms. The van der Waals surface area contributed by atoms with Crippen LogP contribution < -0.4 is 4.74 Å². The summed E-state index contributed by atoms with van der Waals surface area (Å²) in [6.45, 7) is 3.09. The molecule has 24 heavy (non-hydrogen) atoms. The standard InChI is InChI=1S/C19H26N2O3/c22-18(16-4-3-5-16)21-13-19(14-21)12-15(8-11-24-19)7-10-23-17-6-1-2-9-20-17/h1-2,6,9,15-16H,3-5,7-8,10-14H2/t15-/m1/s1. The molecule has 0 unspecified atom stereocenters. The van der Waals surface area contributed by atoms with E-state index in [2.05, 4.69) is 4.98 Å². The van der Waals surface area contributed by atoms with Gasteiger partial charge in [0.15, 0.2) is 0 Å². The zero-order valence-corrected chi connectivity index (χ0v) is 14.2. The number of hydrogen-bond acceptors (Lipinski definition) is 4. The summed E-state index contributed by atoms with van der Waals surface area (Å²) in [5.41, 5.74) is -0.0761. The van der Waals surface area contributed by atoms with Gasteiger partial charge >= 0.3 is 0 Å². The Morgan fingerprint density at radius 1 is 1.33 bits per heavy atom. The van der Waals surface area contributed by atoms with Gasteiger partial charge in [-0.2, -0.15) is 0 Å². The number of hydrogen-bond donors (Lipinski definition) is 0. The molecule has 1 aromatic rings. The SMILES string of the molecule is O=C(C1CCC1)N1CC2(C[C@H](CCOc3ccccn3)CCO2)C1. The van der Waals surface area contributed by atoms with E-state index in [1.54, 1.807) is 6.20 Å². The van der Waals surface area contributed by atoms with E-state index < -0.39 is 0 Å². The van der Waals surface area contributed by atoms with E-state index >= 15 is 0 Å². The van der Waals surface area contributed by atoms with E-state index in [0.717, 1.165) is 51.8 Å². The maximum atomic E-state index is 12.3. The summed E-state index contributed by atoms with van der Waals surface area (Å²) in [6, 6.07) is 5.72. The van der Waals surface area contributed by atoms with Crippen molar-refractivity contribution < 1.29 is 14.3 Å². The smallest absolute Gasteiger partial charge is 0.225 e. The van der Waals surface area contributed by atoms with Crippen LogP contribution in [0.5, 0.6) is 5.88 Å². The third-order valence-corrected chi connectivity index (χ3v) is 5.73. The molecule has 0 bridgehead atoms. The minimum atomic E-state index is -0.0761. The quantitative estimate of drug-likeness (QED) is 0.833. The van der Waals surface area contributed by atoms with Crippen LogP contribution in [0.15, 0.2) is 24.4 Å². The summed E-state index contributed by atoms with van der Waals surface area (Å²) >= 11 is 0. The van der Waals surface area contributed by atoms with Gasteiger partial charge in [0.1, 0.15) is 5.60 Å². The molecule has 1 aliphatic carbocycles. The number of carbonyl (C=O) groups is 1. The highest BCUT2D eigenvalue weighted by Gasteiger charge is 2.50. The van der Waals surface area contributed by atoms with Crippen molar-refractivity contribution >= 4 is 5.91 Å². The van der Waals surface area contributed by atoms with E-state index in [0.29, 0.717) is 30.2 Å². The second-order valence-electron chi connectivity index (χ2n) is 7.52. The highest BCUT2D eigenvalue weighted by molar-refractivity contribution is 5.80. The monoisotopic (exact) mass is 330 g/mol. The first-order valence-corrected chi connectivity index (χ1v) is 9.21. The molecule has 4 rings (SSSR count). The van der Waals surface area contributed by atoms with Crippen LogP contribution in [0.1, 0.15) is 38.5 Å². The molecule has 1 amide bonds.